The van der Waals surface area contributed by atoms with E-state index in [4.69, 9.17) is 9.15 Å². The first kappa shape index (κ1) is 20.3. The third-order valence-corrected chi connectivity index (χ3v) is 5.80. The van der Waals surface area contributed by atoms with Crippen LogP contribution in [0.15, 0.2) is 110 Å². The average Bonchev–Trinajstić information content (AvgIpc) is 3.25. The van der Waals surface area contributed by atoms with Crippen molar-refractivity contribution in [1.29, 1.82) is 0 Å². The summed E-state index contributed by atoms with van der Waals surface area (Å²) in [6, 6.07) is 28.7. The molecule has 1 N–H and O–H groups in total. The van der Waals surface area contributed by atoms with Gasteiger partial charge in [-0.25, -0.2) is 0 Å². The summed E-state index contributed by atoms with van der Waals surface area (Å²) in [6.45, 7) is 0.245. The highest BCUT2D eigenvalue weighted by Gasteiger charge is 2.14. The Balaban J connectivity index is 1.40. The Bertz CT molecular complexity index is 1130. The van der Waals surface area contributed by atoms with Gasteiger partial charge in [0.05, 0.1) is 5.69 Å². The zero-order valence-electron chi connectivity index (χ0n) is 15.9. The van der Waals surface area contributed by atoms with Crippen LogP contribution in [0, 0.1) is 0 Å². The Hall–Kier alpha value is -2.96. The molecule has 150 valence electrons. The van der Waals surface area contributed by atoms with Gasteiger partial charge in [0.2, 0.25) is 0 Å². The van der Waals surface area contributed by atoms with E-state index in [1.165, 1.54) is 0 Å². The number of halogens is 1. The first-order valence-electron chi connectivity index (χ1n) is 9.28. The average molecular weight is 480 g/mol. The van der Waals surface area contributed by atoms with Gasteiger partial charge in [-0.3, -0.25) is 4.79 Å². The van der Waals surface area contributed by atoms with Crippen molar-refractivity contribution < 1.29 is 13.9 Å². The maximum absolute atomic E-state index is 12.7. The maximum Gasteiger partial charge on any atom is 0.291 e. The first-order valence-corrected chi connectivity index (χ1v) is 10.9. The van der Waals surface area contributed by atoms with Gasteiger partial charge in [-0.05, 0) is 60.7 Å². The number of rotatable bonds is 7. The van der Waals surface area contributed by atoms with Crippen LogP contribution in [0.25, 0.3) is 0 Å². The SMILES string of the molecule is O=C(Nc1ccccc1Sc1ccccc1)c1ccc(COc2ccc(Br)cc2)o1. The van der Waals surface area contributed by atoms with Crippen LogP contribution in [-0.4, -0.2) is 5.91 Å². The van der Waals surface area contributed by atoms with E-state index in [-0.39, 0.29) is 18.3 Å². The van der Waals surface area contributed by atoms with Gasteiger partial charge in [-0.1, -0.05) is 58.0 Å². The summed E-state index contributed by atoms with van der Waals surface area (Å²) < 4.78 is 12.3. The van der Waals surface area contributed by atoms with Gasteiger partial charge in [0.1, 0.15) is 18.1 Å². The summed E-state index contributed by atoms with van der Waals surface area (Å²) in [6.07, 6.45) is 0. The molecule has 30 heavy (non-hydrogen) atoms. The normalized spacial score (nSPS) is 10.6. The molecule has 0 aliphatic carbocycles. The molecule has 0 aliphatic heterocycles. The lowest BCUT2D eigenvalue weighted by molar-refractivity contribution is 0.0992. The monoisotopic (exact) mass is 479 g/mol. The molecule has 0 saturated carbocycles. The van der Waals surface area contributed by atoms with Crippen LogP contribution in [-0.2, 0) is 6.61 Å². The molecule has 0 fully saturated rings. The highest BCUT2D eigenvalue weighted by Crippen LogP contribution is 2.33. The molecule has 1 aromatic heterocycles. The molecule has 1 amide bonds. The van der Waals surface area contributed by atoms with Crippen LogP contribution in [0.5, 0.6) is 5.75 Å². The summed E-state index contributed by atoms with van der Waals surface area (Å²) in [5.41, 5.74) is 0.736. The fraction of sp³-hybridized carbons (Fsp3) is 0.0417. The van der Waals surface area contributed by atoms with E-state index in [0.717, 1.165) is 25.7 Å². The molecule has 1 heterocycles. The molecule has 0 atom stereocenters. The predicted octanol–water partition coefficient (Wildman–Crippen LogP) is 7.02. The lowest BCUT2D eigenvalue weighted by atomic mass is 10.3. The quantitative estimate of drug-likeness (QED) is 0.309. The van der Waals surface area contributed by atoms with Crippen molar-refractivity contribution in [2.75, 3.05) is 5.32 Å². The largest absolute Gasteiger partial charge is 0.486 e. The Morgan fingerprint density at radius 1 is 0.900 bits per heavy atom. The van der Waals surface area contributed by atoms with Gasteiger partial charge in [0.25, 0.3) is 5.91 Å². The fourth-order valence-corrected chi connectivity index (χ4v) is 3.91. The number of furan rings is 1. The standard InChI is InChI=1S/C24H18BrNO3S/c25-17-10-12-18(13-11-17)28-16-19-14-15-22(29-19)24(27)26-21-8-4-5-9-23(21)30-20-6-2-1-3-7-20/h1-15H,16H2,(H,26,27). The van der Waals surface area contributed by atoms with Gasteiger partial charge in [-0.2, -0.15) is 0 Å². The predicted molar refractivity (Wildman–Crippen MR) is 122 cm³/mol. The minimum absolute atomic E-state index is 0.240. The topological polar surface area (TPSA) is 51.5 Å². The van der Waals surface area contributed by atoms with Crippen LogP contribution >= 0.6 is 27.7 Å². The molecule has 6 heteroatoms. The van der Waals surface area contributed by atoms with Crippen molar-refractivity contribution in [2.24, 2.45) is 0 Å². The van der Waals surface area contributed by atoms with Crippen LogP contribution < -0.4 is 10.1 Å². The number of para-hydroxylation sites is 1. The van der Waals surface area contributed by atoms with Crippen molar-refractivity contribution in [2.45, 2.75) is 16.4 Å². The fourth-order valence-electron chi connectivity index (χ4n) is 2.72. The minimum atomic E-state index is -0.300. The maximum atomic E-state index is 12.7. The molecule has 0 saturated heterocycles. The first-order chi connectivity index (χ1) is 14.7. The third-order valence-electron chi connectivity index (χ3n) is 4.19. The lowest BCUT2D eigenvalue weighted by Gasteiger charge is -2.10. The minimum Gasteiger partial charge on any atom is -0.486 e. The van der Waals surface area contributed by atoms with Crippen molar-refractivity contribution in [3.8, 4) is 5.75 Å². The molecule has 0 spiro atoms. The Morgan fingerprint density at radius 2 is 1.63 bits per heavy atom. The highest BCUT2D eigenvalue weighted by molar-refractivity contribution is 9.10. The van der Waals surface area contributed by atoms with Gasteiger partial charge in [-0.15, -0.1) is 0 Å². The highest BCUT2D eigenvalue weighted by atomic mass is 79.9. The van der Waals surface area contributed by atoms with E-state index in [2.05, 4.69) is 21.2 Å². The number of hydrogen-bond acceptors (Lipinski definition) is 4. The number of amides is 1. The second-order valence-corrected chi connectivity index (χ2v) is 8.40. The van der Waals surface area contributed by atoms with Crippen LogP contribution in [0.4, 0.5) is 5.69 Å². The number of ether oxygens (including phenoxy) is 1. The second-order valence-electron chi connectivity index (χ2n) is 6.37. The summed E-state index contributed by atoms with van der Waals surface area (Å²) in [4.78, 5) is 14.7. The van der Waals surface area contributed by atoms with E-state index in [9.17, 15) is 4.79 Å². The van der Waals surface area contributed by atoms with Crippen LogP contribution in [0.3, 0.4) is 0 Å². The van der Waals surface area contributed by atoms with E-state index < -0.39 is 0 Å². The summed E-state index contributed by atoms with van der Waals surface area (Å²) in [7, 11) is 0. The smallest absolute Gasteiger partial charge is 0.291 e. The number of hydrogen-bond donors (Lipinski definition) is 1. The molecule has 4 aromatic rings. The molecule has 4 nitrogen and oxygen atoms in total. The molecule has 0 unspecified atom stereocenters. The number of carbonyl (C=O) groups excluding carboxylic acids is 1. The lowest BCUT2D eigenvalue weighted by Crippen LogP contribution is -2.11. The van der Waals surface area contributed by atoms with Crippen molar-refractivity contribution in [3.05, 3.63) is 107 Å². The molecular weight excluding hydrogens is 462 g/mol. The van der Waals surface area contributed by atoms with E-state index in [1.54, 1.807) is 23.9 Å². The zero-order valence-corrected chi connectivity index (χ0v) is 18.3. The Kier molecular flexibility index (Phi) is 6.57. The third kappa shape index (κ3) is 5.34. The summed E-state index contributed by atoms with van der Waals surface area (Å²) in [5.74, 6) is 1.25. The van der Waals surface area contributed by atoms with Crippen molar-refractivity contribution in [3.63, 3.8) is 0 Å². The van der Waals surface area contributed by atoms with Crippen molar-refractivity contribution in [1.82, 2.24) is 0 Å². The molecule has 3 aromatic carbocycles. The summed E-state index contributed by atoms with van der Waals surface area (Å²) >= 11 is 4.99. The van der Waals surface area contributed by atoms with Crippen LogP contribution in [0.1, 0.15) is 16.3 Å². The molecule has 4 rings (SSSR count). The van der Waals surface area contributed by atoms with Crippen molar-refractivity contribution >= 4 is 39.3 Å². The molecule has 0 radical (unpaired) electrons. The number of carbonyl (C=O) groups is 1. The Labute approximate surface area is 187 Å². The van der Waals surface area contributed by atoms with E-state index in [0.29, 0.717) is 5.76 Å². The number of benzene rings is 3. The molecule has 0 aliphatic rings. The number of nitrogens with one attached hydrogen (secondary N) is 1. The van der Waals surface area contributed by atoms with Gasteiger partial charge >= 0.3 is 0 Å². The van der Waals surface area contributed by atoms with Crippen LogP contribution in [0.2, 0.25) is 0 Å². The van der Waals surface area contributed by atoms with E-state index >= 15 is 0 Å². The van der Waals surface area contributed by atoms with Gasteiger partial charge < -0.3 is 14.5 Å². The second kappa shape index (κ2) is 9.69. The molecule has 0 bridgehead atoms. The number of anilines is 1. The summed E-state index contributed by atoms with van der Waals surface area (Å²) in [5, 5.41) is 2.94. The molecular formula is C24H18BrNO3S. The van der Waals surface area contributed by atoms with Gasteiger partial charge in [0, 0.05) is 14.3 Å². The van der Waals surface area contributed by atoms with Gasteiger partial charge in [0.15, 0.2) is 5.76 Å². The zero-order chi connectivity index (χ0) is 20.8. The van der Waals surface area contributed by atoms with E-state index in [1.807, 2.05) is 78.9 Å². The Morgan fingerprint density at radius 3 is 2.43 bits per heavy atom.